The highest BCUT2D eigenvalue weighted by Gasteiger charge is 2.60. The number of rotatable bonds is 4. The highest BCUT2D eigenvalue weighted by Crippen LogP contribution is 2.44. The van der Waals surface area contributed by atoms with E-state index in [1.54, 1.807) is 0 Å². The number of carboxylic acid groups (broad SMARTS) is 1. The molecule has 0 aromatic carbocycles. The molecule has 0 amide bonds. The molecular formula is C8H11F5O2. The van der Waals surface area contributed by atoms with Crippen LogP contribution in [-0.2, 0) is 4.79 Å². The molecule has 0 heterocycles. The Morgan fingerprint density at radius 1 is 1.20 bits per heavy atom. The zero-order valence-corrected chi connectivity index (χ0v) is 8.16. The second-order valence-corrected chi connectivity index (χ2v) is 3.60. The van der Waals surface area contributed by atoms with E-state index in [0.717, 1.165) is 6.92 Å². The van der Waals surface area contributed by atoms with Crippen LogP contribution in [-0.4, -0.2) is 23.2 Å². The van der Waals surface area contributed by atoms with Crippen molar-refractivity contribution in [1.82, 2.24) is 0 Å². The normalized spacial score (nSPS) is 17.3. The molecule has 7 heteroatoms. The topological polar surface area (TPSA) is 37.3 Å². The predicted molar refractivity (Wildman–Crippen MR) is 41.7 cm³/mol. The number of hydrogen-bond acceptors (Lipinski definition) is 1. The van der Waals surface area contributed by atoms with E-state index in [-0.39, 0.29) is 6.42 Å². The van der Waals surface area contributed by atoms with Crippen molar-refractivity contribution in [2.75, 3.05) is 0 Å². The molecule has 1 N–H and O–H groups in total. The predicted octanol–water partition coefficient (Wildman–Crippen LogP) is 3.08. The molecule has 0 saturated heterocycles. The highest BCUT2D eigenvalue weighted by atomic mass is 19.4. The van der Waals surface area contributed by atoms with Crippen LogP contribution in [0.5, 0.6) is 0 Å². The van der Waals surface area contributed by atoms with Gasteiger partial charge in [0.2, 0.25) is 0 Å². The Morgan fingerprint density at radius 3 is 1.80 bits per heavy atom. The first-order valence-electron chi connectivity index (χ1n) is 4.14. The third kappa shape index (κ3) is 3.04. The van der Waals surface area contributed by atoms with Gasteiger partial charge in [-0.3, -0.25) is 4.79 Å². The summed E-state index contributed by atoms with van der Waals surface area (Å²) in [5.74, 6) is -6.63. The van der Waals surface area contributed by atoms with Gasteiger partial charge in [0.15, 0.2) is 0 Å². The summed E-state index contributed by atoms with van der Waals surface area (Å²) in [6.07, 6.45) is -7.75. The average molecular weight is 234 g/mol. The minimum Gasteiger partial charge on any atom is -0.481 e. The van der Waals surface area contributed by atoms with Gasteiger partial charge < -0.3 is 5.11 Å². The first-order chi connectivity index (χ1) is 6.46. The maximum Gasteiger partial charge on any atom is 0.453 e. The summed E-state index contributed by atoms with van der Waals surface area (Å²) in [7, 11) is 0. The van der Waals surface area contributed by atoms with Crippen LogP contribution in [0.1, 0.15) is 26.7 Å². The zero-order chi connectivity index (χ0) is 12.5. The van der Waals surface area contributed by atoms with Gasteiger partial charge in [0.1, 0.15) is 0 Å². The van der Waals surface area contributed by atoms with Crippen LogP contribution in [0.25, 0.3) is 0 Å². The van der Waals surface area contributed by atoms with E-state index < -0.39 is 29.9 Å². The number of hydrogen-bond donors (Lipinski definition) is 1. The SMILES string of the molecule is CCC(C)(CC(F)(F)C(F)(F)F)C(=O)O. The van der Waals surface area contributed by atoms with Crippen LogP contribution < -0.4 is 0 Å². The van der Waals surface area contributed by atoms with Crippen molar-refractivity contribution >= 4 is 5.97 Å². The summed E-state index contributed by atoms with van der Waals surface area (Å²) in [6.45, 7) is 2.12. The van der Waals surface area contributed by atoms with Gasteiger partial charge in [-0.1, -0.05) is 6.92 Å². The van der Waals surface area contributed by atoms with Crippen molar-refractivity contribution in [3.05, 3.63) is 0 Å². The zero-order valence-electron chi connectivity index (χ0n) is 8.16. The molecule has 0 rings (SSSR count). The molecule has 1 atom stereocenters. The quantitative estimate of drug-likeness (QED) is 0.759. The van der Waals surface area contributed by atoms with Gasteiger partial charge in [-0.15, -0.1) is 0 Å². The lowest BCUT2D eigenvalue weighted by atomic mass is 9.81. The molecular weight excluding hydrogens is 223 g/mol. The Balaban J connectivity index is 4.92. The number of carboxylic acids is 1. The molecule has 0 aliphatic rings. The Hall–Kier alpha value is -0.880. The van der Waals surface area contributed by atoms with Crippen molar-refractivity contribution in [2.45, 2.75) is 38.8 Å². The third-order valence-corrected chi connectivity index (χ3v) is 2.32. The first kappa shape index (κ1) is 14.1. The van der Waals surface area contributed by atoms with E-state index in [0.29, 0.717) is 0 Å². The molecule has 0 spiro atoms. The molecule has 0 bridgehead atoms. The minimum atomic E-state index is -5.71. The van der Waals surface area contributed by atoms with Gasteiger partial charge >= 0.3 is 18.1 Å². The lowest BCUT2D eigenvalue weighted by Gasteiger charge is -2.29. The Morgan fingerprint density at radius 2 is 1.60 bits per heavy atom. The molecule has 15 heavy (non-hydrogen) atoms. The van der Waals surface area contributed by atoms with Gasteiger partial charge in [-0.2, -0.15) is 22.0 Å². The second-order valence-electron chi connectivity index (χ2n) is 3.60. The van der Waals surface area contributed by atoms with Gasteiger partial charge in [0.25, 0.3) is 0 Å². The van der Waals surface area contributed by atoms with E-state index in [1.165, 1.54) is 6.92 Å². The number of aliphatic carboxylic acids is 1. The molecule has 0 aromatic rings. The van der Waals surface area contributed by atoms with Gasteiger partial charge in [-0.05, 0) is 13.3 Å². The third-order valence-electron chi connectivity index (χ3n) is 2.32. The minimum absolute atomic E-state index is 0.298. The number of halogens is 5. The summed E-state index contributed by atoms with van der Waals surface area (Å²) in [5.41, 5.74) is -2.07. The number of carbonyl (C=O) groups is 1. The van der Waals surface area contributed by atoms with Crippen LogP contribution in [0.4, 0.5) is 22.0 Å². The van der Waals surface area contributed by atoms with Crippen LogP contribution in [0, 0.1) is 5.41 Å². The van der Waals surface area contributed by atoms with E-state index >= 15 is 0 Å². The van der Waals surface area contributed by atoms with Crippen molar-refractivity contribution in [2.24, 2.45) is 5.41 Å². The second kappa shape index (κ2) is 3.94. The van der Waals surface area contributed by atoms with E-state index in [9.17, 15) is 26.7 Å². The van der Waals surface area contributed by atoms with Crippen molar-refractivity contribution in [1.29, 1.82) is 0 Å². The Kier molecular flexibility index (Phi) is 3.71. The molecule has 0 aromatic heterocycles. The summed E-state index contributed by atoms with van der Waals surface area (Å²) >= 11 is 0. The highest BCUT2D eigenvalue weighted by molar-refractivity contribution is 5.74. The Labute approximate surface area is 83.1 Å². The van der Waals surface area contributed by atoms with Crippen LogP contribution in [0.15, 0.2) is 0 Å². The van der Waals surface area contributed by atoms with Gasteiger partial charge in [0, 0.05) is 6.42 Å². The first-order valence-corrected chi connectivity index (χ1v) is 4.14. The summed E-state index contributed by atoms with van der Waals surface area (Å²) in [4.78, 5) is 10.6. The van der Waals surface area contributed by atoms with Crippen LogP contribution in [0.2, 0.25) is 0 Å². The largest absolute Gasteiger partial charge is 0.481 e. The van der Waals surface area contributed by atoms with Crippen molar-refractivity contribution < 1.29 is 31.9 Å². The Bertz CT molecular complexity index is 248. The van der Waals surface area contributed by atoms with Crippen LogP contribution in [0.3, 0.4) is 0 Å². The van der Waals surface area contributed by atoms with Crippen LogP contribution >= 0.6 is 0 Å². The molecule has 1 unspecified atom stereocenters. The van der Waals surface area contributed by atoms with Gasteiger partial charge in [-0.25, -0.2) is 0 Å². The fourth-order valence-corrected chi connectivity index (χ4v) is 0.942. The standard InChI is InChI=1S/C8H11F5O2/c1-3-6(2,5(14)15)4-7(9,10)8(11,12)13/h3-4H2,1-2H3,(H,14,15). The summed E-state index contributed by atoms with van der Waals surface area (Å²) < 4.78 is 60.6. The average Bonchev–Trinajstić information content (AvgIpc) is 2.00. The maximum atomic E-state index is 12.6. The molecule has 2 nitrogen and oxygen atoms in total. The molecule has 0 aliphatic carbocycles. The maximum absolute atomic E-state index is 12.6. The van der Waals surface area contributed by atoms with Crippen molar-refractivity contribution in [3.63, 3.8) is 0 Å². The molecule has 0 saturated carbocycles. The smallest absolute Gasteiger partial charge is 0.453 e. The number of alkyl halides is 5. The monoisotopic (exact) mass is 234 g/mol. The van der Waals surface area contributed by atoms with E-state index in [2.05, 4.69) is 0 Å². The molecule has 0 aliphatic heterocycles. The molecule has 0 radical (unpaired) electrons. The fourth-order valence-electron chi connectivity index (χ4n) is 0.942. The van der Waals surface area contributed by atoms with Crippen molar-refractivity contribution in [3.8, 4) is 0 Å². The lowest BCUT2D eigenvalue weighted by Crippen LogP contribution is -2.43. The lowest BCUT2D eigenvalue weighted by molar-refractivity contribution is -0.291. The molecule has 90 valence electrons. The fraction of sp³-hybridized carbons (Fsp3) is 0.875. The summed E-state index contributed by atoms with van der Waals surface area (Å²) in [5, 5.41) is 8.56. The van der Waals surface area contributed by atoms with E-state index in [1.807, 2.05) is 0 Å². The van der Waals surface area contributed by atoms with E-state index in [4.69, 9.17) is 5.11 Å². The molecule has 0 fully saturated rings. The summed E-state index contributed by atoms with van der Waals surface area (Å²) in [6, 6.07) is 0. The van der Waals surface area contributed by atoms with Gasteiger partial charge in [0.05, 0.1) is 5.41 Å².